The quantitative estimate of drug-likeness (QED) is 0.844. The molecule has 0 atom stereocenters. The Balaban J connectivity index is 1.59. The average Bonchev–Trinajstić information content (AvgIpc) is 2.73. The van der Waals surface area contributed by atoms with Gasteiger partial charge in [0, 0.05) is 31.0 Å². The molecule has 1 aromatic heterocycles. The molecule has 1 aliphatic rings. The lowest BCUT2D eigenvalue weighted by Gasteiger charge is -2.41. The van der Waals surface area contributed by atoms with Gasteiger partial charge in [0.05, 0.1) is 5.56 Å². The lowest BCUT2D eigenvalue weighted by atomic mass is 9.98. The molecule has 1 N–H and O–H groups in total. The van der Waals surface area contributed by atoms with Gasteiger partial charge in [0.15, 0.2) is 0 Å². The Kier molecular flexibility index (Phi) is 6.11. The number of aromatic nitrogens is 1. The lowest BCUT2D eigenvalue weighted by Crippen LogP contribution is -2.53. The van der Waals surface area contributed by atoms with Gasteiger partial charge < -0.3 is 10.2 Å². The number of carbonyl (C=O) groups is 1. The third kappa shape index (κ3) is 4.86. The molecule has 2 aromatic rings. The van der Waals surface area contributed by atoms with Gasteiger partial charge in [-0.2, -0.15) is 0 Å². The highest BCUT2D eigenvalue weighted by atomic mass is 16.1. The SMILES string of the molecule is CN(c1ccccc1)c1ccc(C(=O)NCC(C)(C)N2CCCCC2)cn1. The minimum atomic E-state index is -0.0681. The number of pyridine rings is 1. The van der Waals surface area contributed by atoms with E-state index in [1.54, 1.807) is 6.20 Å². The molecule has 1 saturated heterocycles. The number of piperidine rings is 1. The second kappa shape index (κ2) is 8.53. The maximum Gasteiger partial charge on any atom is 0.252 e. The van der Waals surface area contributed by atoms with Gasteiger partial charge in [-0.05, 0) is 64.0 Å². The molecule has 1 aliphatic heterocycles. The summed E-state index contributed by atoms with van der Waals surface area (Å²) in [6, 6.07) is 13.8. The summed E-state index contributed by atoms with van der Waals surface area (Å²) in [5.74, 6) is 0.743. The first-order valence-corrected chi connectivity index (χ1v) is 9.75. The van der Waals surface area contributed by atoms with Crippen LogP contribution >= 0.6 is 0 Å². The summed E-state index contributed by atoms with van der Waals surface area (Å²) in [6.45, 7) is 7.27. The minimum absolute atomic E-state index is 0.0308. The first kappa shape index (κ1) is 19.4. The number of nitrogens with one attached hydrogen (secondary N) is 1. The predicted octanol–water partition coefficient (Wildman–Crippen LogP) is 3.84. The molecule has 5 heteroatoms. The van der Waals surface area contributed by atoms with Gasteiger partial charge in [0.2, 0.25) is 0 Å². The number of likely N-dealkylation sites (tertiary alicyclic amines) is 1. The predicted molar refractivity (Wildman–Crippen MR) is 111 cm³/mol. The average molecular weight is 367 g/mol. The fraction of sp³-hybridized carbons (Fsp3) is 0.455. The Morgan fingerprint density at radius 2 is 1.81 bits per heavy atom. The fourth-order valence-electron chi connectivity index (χ4n) is 3.51. The van der Waals surface area contributed by atoms with E-state index in [9.17, 15) is 4.79 Å². The van der Waals surface area contributed by atoms with E-state index in [4.69, 9.17) is 0 Å². The zero-order valence-corrected chi connectivity index (χ0v) is 16.6. The van der Waals surface area contributed by atoms with E-state index in [1.165, 1.54) is 19.3 Å². The highest BCUT2D eigenvalue weighted by molar-refractivity contribution is 5.94. The molecular weight excluding hydrogens is 336 g/mol. The molecule has 0 bridgehead atoms. The number of benzene rings is 1. The van der Waals surface area contributed by atoms with Crippen LogP contribution in [0.5, 0.6) is 0 Å². The van der Waals surface area contributed by atoms with E-state index in [-0.39, 0.29) is 11.4 Å². The highest BCUT2D eigenvalue weighted by Crippen LogP contribution is 2.22. The van der Waals surface area contributed by atoms with Gasteiger partial charge in [0.25, 0.3) is 5.91 Å². The molecule has 2 heterocycles. The van der Waals surface area contributed by atoms with Crippen molar-refractivity contribution in [1.82, 2.24) is 15.2 Å². The van der Waals surface area contributed by atoms with Crippen molar-refractivity contribution in [2.45, 2.75) is 38.6 Å². The van der Waals surface area contributed by atoms with Crippen molar-refractivity contribution in [3.8, 4) is 0 Å². The van der Waals surface area contributed by atoms with Crippen LogP contribution in [0.2, 0.25) is 0 Å². The van der Waals surface area contributed by atoms with Gasteiger partial charge in [-0.15, -0.1) is 0 Å². The topological polar surface area (TPSA) is 48.5 Å². The van der Waals surface area contributed by atoms with E-state index in [1.807, 2.05) is 54.4 Å². The Morgan fingerprint density at radius 3 is 2.44 bits per heavy atom. The number of amides is 1. The molecule has 1 fully saturated rings. The van der Waals surface area contributed by atoms with E-state index in [0.717, 1.165) is 24.6 Å². The number of carbonyl (C=O) groups excluding carboxylic acids is 1. The standard InChI is InChI=1S/C22H30N4O/c1-22(2,26-14-8-5-9-15-26)17-24-21(27)18-12-13-20(23-16-18)25(3)19-10-6-4-7-11-19/h4,6-7,10-13,16H,5,8-9,14-15,17H2,1-3H3,(H,24,27). The molecular formula is C22H30N4O. The van der Waals surface area contributed by atoms with Crippen LogP contribution in [-0.4, -0.2) is 48.0 Å². The fourth-order valence-corrected chi connectivity index (χ4v) is 3.51. The van der Waals surface area contributed by atoms with Crippen LogP contribution in [0.25, 0.3) is 0 Å². The van der Waals surface area contributed by atoms with Gasteiger partial charge >= 0.3 is 0 Å². The maximum absolute atomic E-state index is 12.5. The molecule has 0 aliphatic carbocycles. The zero-order valence-electron chi connectivity index (χ0n) is 16.6. The van der Waals surface area contributed by atoms with Gasteiger partial charge in [-0.3, -0.25) is 9.69 Å². The molecule has 1 aromatic carbocycles. The van der Waals surface area contributed by atoms with Crippen molar-refractivity contribution >= 4 is 17.4 Å². The van der Waals surface area contributed by atoms with Crippen LogP contribution in [0.1, 0.15) is 43.5 Å². The molecule has 0 radical (unpaired) electrons. The van der Waals surface area contributed by atoms with Gasteiger partial charge in [-0.25, -0.2) is 4.98 Å². The van der Waals surface area contributed by atoms with Crippen LogP contribution in [0.4, 0.5) is 11.5 Å². The van der Waals surface area contributed by atoms with Gasteiger partial charge in [-0.1, -0.05) is 24.6 Å². The first-order valence-electron chi connectivity index (χ1n) is 9.75. The Bertz CT molecular complexity index is 737. The van der Waals surface area contributed by atoms with E-state index < -0.39 is 0 Å². The summed E-state index contributed by atoms with van der Waals surface area (Å²) in [7, 11) is 1.97. The number of rotatable bonds is 6. The van der Waals surface area contributed by atoms with Gasteiger partial charge in [0.1, 0.15) is 5.82 Å². The van der Waals surface area contributed by atoms with Crippen LogP contribution in [0.15, 0.2) is 48.7 Å². The van der Waals surface area contributed by atoms with Crippen LogP contribution in [0, 0.1) is 0 Å². The minimum Gasteiger partial charge on any atom is -0.350 e. The van der Waals surface area contributed by atoms with Crippen molar-refractivity contribution in [2.75, 3.05) is 31.6 Å². The Morgan fingerprint density at radius 1 is 1.11 bits per heavy atom. The van der Waals surface area contributed by atoms with Crippen LogP contribution in [-0.2, 0) is 0 Å². The van der Waals surface area contributed by atoms with Crippen LogP contribution in [0.3, 0.4) is 0 Å². The third-order valence-electron chi connectivity index (χ3n) is 5.39. The first-order chi connectivity index (χ1) is 13.0. The van der Waals surface area contributed by atoms with E-state index in [2.05, 4.69) is 29.0 Å². The zero-order chi connectivity index (χ0) is 19.3. The second-order valence-corrected chi connectivity index (χ2v) is 7.84. The summed E-state index contributed by atoms with van der Waals surface area (Å²) < 4.78 is 0. The summed E-state index contributed by atoms with van der Waals surface area (Å²) in [5.41, 5.74) is 1.62. The summed E-state index contributed by atoms with van der Waals surface area (Å²) >= 11 is 0. The summed E-state index contributed by atoms with van der Waals surface area (Å²) in [4.78, 5) is 21.5. The molecule has 5 nitrogen and oxygen atoms in total. The molecule has 1 amide bonds. The molecule has 27 heavy (non-hydrogen) atoms. The molecule has 0 saturated carbocycles. The van der Waals surface area contributed by atoms with Crippen molar-refractivity contribution in [3.63, 3.8) is 0 Å². The maximum atomic E-state index is 12.5. The number of anilines is 2. The number of para-hydroxylation sites is 1. The van der Waals surface area contributed by atoms with E-state index in [0.29, 0.717) is 12.1 Å². The number of hydrogen-bond acceptors (Lipinski definition) is 4. The Hall–Kier alpha value is -2.40. The Labute approximate surface area is 162 Å². The largest absolute Gasteiger partial charge is 0.350 e. The highest BCUT2D eigenvalue weighted by Gasteiger charge is 2.28. The van der Waals surface area contributed by atoms with Crippen molar-refractivity contribution < 1.29 is 4.79 Å². The normalized spacial score (nSPS) is 15.4. The second-order valence-electron chi connectivity index (χ2n) is 7.84. The molecule has 0 spiro atoms. The monoisotopic (exact) mass is 366 g/mol. The van der Waals surface area contributed by atoms with E-state index >= 15 is 0 Å². The summed E-state index contributed by atoms with van der Waals surface area (Å²) in [5, 5.41) is 3.08. The smallest absolute Gasteiger partial charge is 0.252 e. The third-order valence-corrected chi connectivity index (χ3v) is 5.39. The molecule has 0 unspecified atom stereocenters. The van der Waals surface area contributed by atoms with Crippen molar-refractivity contribution in [2.24, 2.45) is 0 Å². The number of hydrogen-bond donors (Lipinski definition) is 1. The summed E-state index contributed by atoms with van der Waals surface area (Å²) in [6.07, 6.45) is 5.46. The lowest BCUT2D eigenvalue weighted by molar-refractivity contribution is 0.0797. The molecule has 144 valence electrons. The van der Waals surface area contributed by atoms with Crippen LogP contribution < -0.4 is 10.2 Å². The van der Waals surface area contributed by atoms with Crippen molar-refractivity contribution in [1.29, 1.82) is 0 Å². The molecule has 3 rings (SSSR count). The van der Waals surface area contributed by atoms with Crippen molar-refractivity contribution in [3.05, 3.63) is 54.2 Å². The number of nitrogens with zero attached hydrogens (tertiary/aromatic N) is 3.